The number of phenols is 1. The van der Waals surface area contributed by atoms with Crippen molar-refractivity contribution in [3.63, 3.8) is 0 Å². The molecule has 6 nitrogen and oxygen atoms in total. The Bertz CT molecular complexity index is 404. The summed E-state index contributed by atoms with van der Waals surface area (Å²) in [5.41, 5.74) is 5.42. The first-order valence-electron chi connectivity index (χ1n) is 4.67. The summed E-state index contributed by atoms with van der Waals surface area (Å²) in [4.78, 5) is 11.5. The van der Waals surface area contributed by atoms with Crippen molar-refractivity contribution < 1.29 is 15.1 Å². The van der Waals surface area contributed by atoms with Gasteiger partial charge >= 0.3 is 0 Å². The molecule has 0 aliphatic carbocycles. The van der Waals surface area contributed by atoms with Crippen LogP contribution in [-0.2, 0) is 0 Å². The van der Waals surface area contributed by atoms with Gasteiger partial charge in [0.2, 0.25) is 0 Å². The van der Waals surface area contributed by atoms with Gasteiger partial charge in [0.15, 0.2) is 0 Å². The molecule has 1 aromatic carbocycles. The van der Waals surface area contributed by atoms with E-state index in [1.165, 1.54) is 12.1 Å². The summed E-state index contributed by atoms with van der Waals surface area (Å²) in [6.45, 7) is 0.239. The van der Waals surface area contributed by atoms with E-state index in [0.29, 0.717) is 0 Å². The lowest BCUT2D eigenvalue weighted by atomic mass is 10.2. The molecule has 0 spiro atoms. The molecule has 6 heteroatoms. The highest BCUT2D eigenvalue weighted by Crippen LogP contribution is 2.14. The van der Waals surface area contributed by atoms with E-state index in [0.717, 1.165) is 0 Å². The number of aromatic hydroxyl groups is 1. The molecule has 0 saturated heterocycles. The minimum Gasteiger partial charge on any atom is -0.507 e. The number of nitrogens with two attached hydrogens (primary N) is 1. The van der Waals surface area contributed by atoms with Crippen molar-refractivity contribution in [2.75, 3.05) is 6.54 Å². The molecule has 0 bridgehead atoms. The van der Waals surface area contributed by atoms with Crippen LogP contribution < -0.4 is 11.1 Å². The molecule has 0 atom stereocenters. The van der Waals surface area contributed by atoms with Crippen molar-refractivity contribution in [2.45, 2.75) is 6.42 Å². The molecule has 1 rings (SSSR count). The number of carbonyl (C=O) groups is 1. The van der Waals surface area contributed by atoms with Crippen molar-refractivity contribution in [1.29, 1.82) is 0 Å². The summed E-state index contributed by atoms with van der Waals surface area (Å²) in [5, 5.41) is 23.0. The Morgan fingerprint density at radius 1 is 1.44 bits per heavy atom. The Balaban J connectivity index is 2.51. The number of nitrogens with zero attached hydrogens (tertiary/aromatic N) is 1. The van der Waals surface area contributed by atoms with Crippen LogP contribution in [0.1, 0.15) is 16.8 Å². The lowest BCUT2D eigenvalue weighted by molar-refractivity contribution is 0.0952. The topological polar surface area (TPSA) is 108 Å². The van der Waals surface area contributed by atoms with E-state index < -0.39 is 5.91 Å². The van der Waals surface area contributed by atoms with E-state index in [9.17, 15) is 9.90 Å². The van der Waals surface area contributed by atoms with Gasteiger partial charge in [0, 0.05) is 13.0 Å². The molecule has 16 heavy (non-hydrogen) atoms. The molecule has 5 N–H and O–H groups in total. The molecule has 0 fully saturated rings. The molecule has 0 aromatic heterocycles. The van der Waals surface area contributed by atoms with Gasteiger partial charge in [-0.15, -0.1) is 0 Å². The third-order valence-corrected chi connectivity index (χ3v) is 1.94. The van der Waals surface area contributed by atoms with Crippen molar-refractivity contribution in [1.82, 2.24) is 5.32 Å². The first-order chi connectivity index (χ1) is 7.65. The van der Waals surface area contributed by atoms with Crippen LogP contribution in [0.2, 0.25) is 0 Å². The van der Waals surface area contributed by atoms with E-state index in [4.69, 9.17) is 10.9 Å². The number of rotatable bonds is 4. The van der Waals surface area contributed by atoms with E-state index >= 15 is 0 Å². The molecule has 0 radical (unpaired) electrons. The quantitative estimate of drug-likeness (QED) is 0.254. The van der Waals surface area contributed by atoms with Crippen LogP contribution in [-0.4, -0.2) is 28.6 Å². The van der Waals surface area contributed by atoms with E-state index in [2.05, 4.69) is 10.5 Å². The van der Waals surface area contributed by atoms with Gasteiger partial charge in [0.1, 0.15) is 11.6 Å². The minimum atomic E-state index is -0.399. The van der Waals surface area contributed by atoms with Crippen LogP contribution in [0.5, 0.6) is 5.75 Å². The fraction of sp³-hybridized carbons (Fsp3) is 0.200. The van der Waals surface area contributed by atoms with Gasteiger partial charge in [0.25, 0.3) is 5.91 Å². The van der Waals surface area contributed by atoms with Crippen molar-refractivity contribution in [3.05, 3.63) is 29.8 Å². The summed E-state index contributed by atoms with van der Waals surface area (Å²) < 4.78 is 0. The van der Waals surface area contributed by atoms with Crippen molar-refractivity contribution in [3.8, 4) is 5.75 Å². The average molecular weight is 223 g/mol. The number of benzene rings is 1. The first-order valence-corrected chi connectivity index (χ1v) is 4.67. The van der Waals surface area contributed by atoms with Gasteiger partial charge in [-0.3, -0.25) is 4.79 Å². The van der Waals surface area contributed by atoms with E-state index in [1.54, 1.807) is 12.1 Å². The van der Waals surface area contributed by atoms with E-state index in [1.807, 2.05) is 0 Å². The van der Waals surface area contributed by atoms with Crippen LogP contribution in [0.15, 0.2) is 29.4 Å². The highest BCUT2D eigenvalue weighted by molar-refractivity contribution is 5.96. The molecular formula is C10H13N3O3. The highest BCUT2D eigenvalue weighted by atomic mass is 16.4. The first kappa shape index (κ1) is 11.8. The maximum Gasteiger partial charge on any atom is 0.255 e. The molecular weight excluding hydrogens is 210 g/mol. The Morgan fingerprint density at radius 3 is 2.75 bits per heavy atom. The zero-order chi connectivity index (χ0) is 12.0. The van der Waals surface area contributed by atoms with Gasteiger partial charge in [-0.1, -0.05) is 17.3 Å². The third kappa shape index (κ3) is 3.16. The Labute approximate surface area is 92.4 Å². The van der Waals surface area contributed by atoms with Gasteiger partial charge in [-0.25, -0.2) is 0 Å². The van der Waals surface area contributed by atoms with Gasteiger partial charge < -0.3 is 21.4 Å². The van der Waals surface area contributed by atoms with Gasteiger partial charge in [-0.05, 0) is 12.1 Å². The van der Waals surface area contributed by atoms with Crippen LogP contribution in [0.25, 0.3) is 0 Å². The standard InChI is InChI=1S/C10H13N3O3/c11-9(13-16)5-6-12-10(15)7-3-1-2-4-8(7)14/h1-4,14,16H,5-6H2,(H2,11,13)(H,12,15). The summed E-state index contributed by atoms with van der Waals surface area (Å²) >= 11 is 0. The molecule has 0 aliphatic rings. The van der Waals surface area contributed by atoms with Crippen LogP contribution in [0.4, 0.5) is 0 Å². The smallest absolute Gasteiger partial charge is 0.255 e. The van der Waals surface area contributed by atoms with Crippen molar-refractivity contribution >= 4 is 11.7 Å². The van der Waals surface area contributed by atoms with Crippen molar-refractivity contribution in [2.24, 2.45) is 10.9 Å². The monoisotopic (exact) mass is 223 g/mol. The summed E-state index contributed by atoms with van der Waals surface area (Å²) in [6, 6.07) is 6.22. The van der Waals surface area contributed by atoms with Crippen LogP contribution >= 0.6 is 0 Å². The van der Waals surface area contributed by atoms with E-state index in [-0.39, 0.29) is 30.1 Å². The fourth-order valence-electron chi connectivity index (χ4n) is 1.11. The number of oxime groups is 1. The predicted octanol–water partition coefficient (Wildman–Crippen LogP) is 0.258. The SMILES string of the molecule is NC(CCNC(=O)c1ccccc1O)=NO. The maximum absolute atomic E-state index is 11.5. The van der Waals surface area contributed by atoms with Gasteiger partial charge in [-0.2, -0.15) is 0 Å². The number of carbonyl (C=O) groups excluding carboxylic acids is 1. The second-order valence-corrected chi connectivity index (χ2v) is 3.11. The molecule has 0 unspecified atom stereocenters. The second-order valence-electron chi connectivity index (χ2n) is 3.11. The molecule has 0 aliphatic heterocycles. The normalized spacial score (nSPS) is 11.1. The lowest BCUT2D eigenvalue weighted by Crippen LogP contribution is -2.28. The molecule has 1 amide bonds. The Hall–Kier alpha value is -2.24. The molecule has 86 valence electrons. The molecule has 0 heterocycles. The number of hydrogen-bond acceptors (Lipinski definition) is 4. The second kappa shape index (κ2) is 5.59. The highest BCUT2D eigenvalue weighted by Gasteiger charge is 2.09. The zero-order valence-corrected chi connectivity index (χ0v) is 8.55. The number of amides is 1. The van der Waals surface area contributed by atoms with Crippen LogP contribution in [0, 0.1) is 0 Å². The lowest BCUT2D eigenvalue weighted by Gasteiger charge is -2.05. The summed E-state index contributed by atoms with van der Waals surface area (Å²) in [7, 11) is 0. The number of amidine groups is 1. The summed E-state index contributed by atoms with van der Waals surface area (Å²) in [5.74, 6) is -0.440. The maximum atomic E-state index is 11.5. The number of nitrogens with one attached hydrogen (secondary N) is 1. The van der Waals surface area contributed by atoms with Gasteiger partial charge in [0.05, 0.1) is 5.56 Å². The van der Waals surface area contributed by atoms with Crippen LogP contribution in [0.3, 0.4) is 0 Å². The molecule has 0 saturated carbocycles. The Morgan fingerprint density at radius 2 is 2.12 bits per heavy atom. The third-order valence-electron chi connectivity index (χ3n) is 1.94. The number of phenolic OH excluding ortho intramolecular Hbond substituents is 1. The Kier molecular flexibility index (Phi) is 4.14. The fourth-order valence-corrected chi connectivity index (χ4v) is 1.11. The largest absolute Gasteiger partial charge is 0.507 e. The number of hydrogen-bond donors (Lipinski definition) is 4. The average Bonchev–Trinajstić information content (AvgIpc) is 2.29. The summed E-state index contributed by atoms with van der Waals surface area (Å²) in [6.07, 6.45) is 0.246. The predicted molar refractivity (Wildman–Crippen MR) is 58.5 cm³/mol. The molecule has 1 aromatic rings. The minimum absolute atomic E-state index is 0.0394. The zero-order valence-electron chi connectivity index (χ0n) is 8.55. The number of para-hydroxylation sites is 1.